The van der Waals surface area contributed by atoms with Gasteiger partial charge in [-0.15, -0.1) is 0 Å². The van der Waals surface area contributed by atoms with Gasteiger partial charge in [0, 0.05) is 11.3 Å². The fourth-order valence-electron chi connectivity index (χ4n) is 13.5. The quantitative estimate of drug-likeness (QED) is 0.221. The van der Waals surface area contributed by atoms with Crippen LogP contribution in [-0.4, -0.2) is 109 Å². The van der Waals surface area contributed by atoms with Crippen LogP contribution in [0.5, 0.6) is 0 Å². The zero-order chi connectivity index (χ0) is 32.8. The van der Waals surface area contributed by atoms with Crippen molar-refractivity contribution in [2.45, 2.75) is 160 Å². The summed E-state index contributed by atoms with van der Waals surface area (Å²) in [6.07, 6.45) is 0.117. The van der Waals surface area contributed by atoms with E-state index in [9.17, 15) is 35.7 Å². The Bertz CT molecular complexity index is 1170. The minimum atomic E-state index is -1.32. The topological polar surface area (TPSA) is 169 Å². The van der Waals surface area contributed by atoms with Gasteiger partial charge < -0.3 is 50.0 Å². The van der Waals surface area contributed by atoms with Gasteiger partial charge in [-0.1, -0.05) is 20.8 Å². The second-order valence-corrected chi connectivity index (χ2v) is 18.1. The molecule has 258 valence electrons. The molecule has 16 atom stereocenters. The molecule has 0 aromatic heterocycles. The fraction of sp³-hybridized carbons (Fsp3) is 1.00. The molecule has 7 rings (SSSR count). The van der Waals surface area contributed by atoms with Gasteiger partial charge in [-0.05, 0) is 112 Å². The number of hydrogen-bond acceptors (Lipinski definition) is 10. The first kappa shape index (κ1) is 33.1. The predicted molar refractivity (Wildman–Crippen MR) is 163 cm³/mol. The first-order valence-electron chi connectivity index (χ1n) is 17.5. The number of ether oxygens (including phenoxy) is 3. The lowest BCUT2D eigenvalue weighted by atomic mass is 9.40. The van der Waals surface area contributed by atoms with E-state index in [4.69, 9.17) is 14.2 Å². The molecule has 2 aliphatic heterocycles. The van der Waals surface area contributed by atoms with Crippen LogP contribution in [0.25, 0.3) is 0 Å². The van der Waals surface area contributed by atoms with Crippen molar-refractivity contribution in [2.24, 2.45) is 44.8 Å². The monoisotopic (exact) mass is 638 g/mol. The van der Waals surface area contributed by atoms with Crippen LogP contribution in [0, 0.1) is 44.8 Å². The van der Waals surface area contributed by atoms with Crippen molar-refractivity contribution in [3.63, 3.8) is 0 Å². The smallest absolute Gasteiger partial charge is 0.186 e. The van der Waals surface area contributed by atoms with Gasteiger partial charge in [0.25, 0.3) is 0 Å². The van der Waals surface area contributed by atoms with E-state index in [2.05, 4.69) is 20.8 Å². The maximum absolute atomic E-state index is 12.4. The Balaban J connectivity index is 1.17. The van der Waals surface area contributed by atoms with Gasteiger partial charge in [0.2, 0.25) is 0 Å². The lowest BCUT2D eigenvalue weighted by molar-refractivity contribution is -0.304. The number of aliphatic hydroxyl groups is 7. The summed E-state index contributed by atoms with van der Waals surface area (Å²) in [4.78, 5) is 0. The van der Waals surface area contributed by atoms with Crippen molar-refractivity contribution in [2.75, 3.05) is 13.2 Å². The van der Waals surface area contributed by atoms with Crippen LogP contribution in [0.2, 0.25) is 0 Å². The predicted octanol–water partition coefficient (Wildman–Crippen LogP) is 1.87. The fourth-order valence-corrected chi connectivity index (χ4v) is 13.5. The third-order valence-corrected chi connectivity index (χ3v) is 15.5. The average molecular weight is 639 g/mol. The highest BCUT2D eigenvalue weighted by Gasteiger charge is 2.86. The van der Waals surface area contributed by atoms with Gasteiger partial charge in [-0.25, -0.2) is 0 Å². The van der Waals surface area contributed by atoms with Gasteiger partial charge in [0.05, 0.1) is 48.8 Å². The van der Waals surface area contributed by atoms with Crippen molar-refractivity contribution >= 4 is 0 Å². The summed E-state index contributed by atoms with van der Waals surface area (Å²) in [5, 5.41) is 77.2. The molecule has 45 heavy (non-hydrogen) atoms. The minimum Gasteiger partial charge on any atom is -0.396 e. The van der Waals surface area contributed by atoms with E-state index in [0.717, 1.165) is 32.1 Å². The number of aliphatic hydroxyl groups excluding tert-OH is 6. The molecule has 10 nitrogen and oxygen atoms in total. The Kier molecular flexibility index (Phi) is 7.42. The molecule has 0 bridgehead atoms. The molecule has 7 aliphatic rings. The minimum absolute atomic E-state index is 0.0232. The van der Waals surface area contributed by atoms with Crippen LogP contribution in [0.4, 0.5) is 0 Å². The summed E-state index contributed by atoms with van der Waals surface area (Å²) in [6, 6.07) is 0. The van der Waals surface area contributed by atoms with Crippen LogP contribution in [0.15, 0.2) is 0 Å². The normalized spacial score (nSPS) is 58.7. The van der Waals surface area contributed by atoms with Crippen LogP contribution < -0.4 is 0 Å². The summed E-state index contributed by atoms with van der Waals surface area (Å²) in [5.74, 6) is 0.0995. The molecule has 2 heterocycles. The molecular weight excluding hydrogens is 580 g/mol. The number of rotatable bonds is 5. The molecular formula is C35H58O10. The number of hydrogen-bond donors (Lipinski definition) is 7. The zero-order valence-corrected chi connectivity index (χ0v) is 28.0. The van der Waals surface area contributed by atoms with Crippen molar-refractivity contribution in [3.05, 3.63) is 0 Å². The first-order valence-corrected chi connectivity index (χ1v) is 17.5. The first-order chi connectivity index (χ1) is 20.8. The number of fused-ring (bicyclic) bond motifs is 2. The van der Waals surface area contributed by atoms with Gasteiger partial charge >= 0.3 is 0 Å². The third-order valence-electron chi connectivity index (χ3n) is 15.5. The van der Waals surface area contributed by atoms with Crippen LogP contribution >= 0.6 is 0 Å². The van der Waals surface area contributed by atoms with Crippen molar-refractivity contribution in [3.8, 4) is 0 Å². The standard InChI is InChI=1S/C35H58O10/c1-29(2)20-7-8-21-31(5)13-18(37)27(32(6)11-9-24(45-32)30(3,4)42)35(31,17-36)22(39)14-34(21)16-33(20,34)12-10-23(29)44-28-26(41)25(40)19(38)15-43-28/h18-28,36-42H,7-17H2,1-6H3/t18-,19-,20+,21-,22+,23+,24+,25-,26-,27-,28-,31-,32-,33+,34-,35+/m0/s1. The Morgan fingerprint density at radius 1 is 0.822 bits per heavy atom. The van der Waals surface area contributed by atoms with E-state index in [1.807, 2.05) is 6.92 Å². The molecule has 0 aromatic rings. The summed E-state index contributed by atoms with van der Waals surface area (Å²) >= 11 is 0. The van der Waals surface area contributed by atoms with E-state index in [1.54, 1.807) is 13.8 Å². The molecule has 0 aromatic carbocycles. The average Bonchev–Trinajstić information content (AvgIpc) is 3.27. The van der Waals surface area contributed by atoms with E-state index >= 15 is 0 Å². The lowest BCUT2D eigenvalue weighted by Crippen LogP contribution is -2.66. The summed E-state index contributed by atoms with van der Waals surface area (Å²) in [7, 11) is 0. The van der Waals surface area contributed by atoms with Gasteiger partial charge in [0.1, 0.15) is 18.3 Å². The Hall–Kier alpha value is -0.400. The summed E-state index contributed by atoms with van der Waals surface area (Å²) in [6.45, 7) is 11.9. The molecule has 5 saturated carbocycles. The zero-order valence-electron chi connectivity index (χ0n) is 28.0. The highest BCUT2D eigenvalue weighted by Crippen LogP contribution is 2.89. The van der Waals surface area contributed by atoms with E-state index < -0.39 is 64.8 Å². The maximum Gasteiger partial charge on any atom is 0.186 e. The summed E-state index contributed by atoms with van der Waals surface area (Å²) in [5.41, 5.74) is -3.54. The molecule has 0 unspecified atom stereocenters. The molecule has 0 amide bonds. The Morgan fingerprint density at radius 3 is 2.16 bits per heavy atom. The van der Waals surface area contributed by atoms with E-state index in [0.29, 0.717) is 31.6 Å². The Labute approximate surface area is 267 Å². The van der Waals surface area contributed by atoms with Crippen LogP contribution in [0.1, 0.15) is 99.3 Å². The van der Waals surface area contributed by atoms with Crippen molar-refractivity contribution in [1.29, 1.82) is 0 Å². The largest absolute Gasteiger partial charge is 0.396 e. The van der Waals surface area contributed by atoms with Crippen LogP contribution in [0.3, 0.4) is 0 Å². The van der Waals surface area contributed by atoms with E-state index in [1.165, 1.54) is 0 Å². The van der Waals surface area contributed by atoms with Gasteiger partial charge in [-0.3, -0.25) is 0 Å². The van der Waals surface area contributed by atoms with Crippen molar-refractivity contribution < 1.29 is 50.0 Å². The van der Waals surface area contributed by atoms with Gasteiger partial charge in [-0.2, -0.15) is 0 Å². The molecule has 7 fully saturated rings. The highest BCUT2D eigenvalue weighted by atomic mass is 16.7. The summed E-state index contributed by atoms with van der Waals surface area (Å²) < 4.78 is 18.6. The molecule has 2 spiro atoms. The molecule has 5 aliphatic carbocycles. The second kappa shape index (κ2) is 10.1. The third kappa shape index (κ3) is 4.10. The van der Waals surface area contributed by atoms with Gasteiger partial charge in [0.15, 0.2) is 6.29 Å². The molecule has 10 heteroatoms. The van der Waals surface area contributed by atoms with Crippen molar-refractivity contribution in [1.82, 2.24) is 0 Å². The van der Waals surface area contributed by atoms with Crippen LogP contribution in [-0.2, 0) is 14.2 Å². The second-order valence-electron chi connectivity index (χ2n) is 18.1. The maximum atomic E-state index is 12.4. The molecule has 2 saturated heterocycles. The highest BCUT2D eigenvalue weighted by molar-refractivity contribution is 5.34. The molecule has 7 N–H and O–H groups in total. The lowest BCUT2D eigenvalue weighted by Gasteiger charge is -2.65. The SMILES string of the molecule is CC(C)(O)[C@H]1CC[C@@](C)([C@@H]2[C@@H](O)C[C@@]3(C)[C@@H]4CC[C@@H]5C(C)(C)[C@H](O[C@@H]6OC[C@H](O)[C@H](O)[C@@H]6O)CC[C@@]56C[C@@]46C[C@@H](O)[C@]23CO)O1. The Morgan fingerprint density at radius 2 is 1.51 bits per heavy atom. The van der Waals surface area contributed by atoms with E-state index in [-0.39, 0.29) is 47.6 Å². The molecule has 0 radical (unpaired) electrons.